The van der Waals surface area contributed by atoms with E-state index in [9.17, 15) is 4.79 Å². The van der Waals surface area contributed by atoms with Crippen LogP contribution >= 0.6 is 0 Å². The van der Waals surface area contributed by atoms with Crippen molar-refractivity contribution >= 4 is 6.29 Å². The molecule has 0 aromatic carbocycles. The van der Waals surface area contributed by atoms with Gasteiger partial charge in [-0.2, -0.15) is 10.2 Å². The fourth-order valence-electron chi connectivity index (χ4n) is 1.49. The highest BCUT2D eigenvalue weighted by atomic mass is 16.1. The molecule has 0 aliphatic rings. The first-order valence-electron chi connectivity index (χ1n) is 4.64. The third-order valence-corrected chi connectivity index (χ3v) is 2.46. The number of aromatic nitrogens is 4. The summed E-state index contributed by atoms with van der Waals surface area (Å²) >= 11 is 0. The van der Waals surface area contributed by atoms with Gasteiger partial charge >= 0.3 is 0 Å². The lowest BCUT2D eigenvalue weighted by Gasteiger charge is -1.94. The van der Waals surface area contributed by atoms with Gasteiger partial charge < -0.3 is 0 Å². The minimum atomic E-state index is 0.562. The molecular formula is C10H12N4O. The van der Waals surface area contributed by atoms with Gasteiger partial charge in [0.05, 0.1) is 5.56 Å². The van der Waals surface area contributed by atoms with Crippen LogP contribution in [0.4, 0.5) is 0 Å². The van der Waals surface area contributed by atoms with Gasteiger partial charge in [-0.05, 0) is 19.4 Å². The summed E-state index contributed by atoms with van der Waals surface area (Å²) in [5, 5.41) is 11.3. The van der Waals surface area contributed by atoms with Crippen LogP contribution in [-0.2, 0) is 7.05 Å². The average Bonchev–Trinajstić information content (AvgIpc) is 2.72. The lowest BCUT2D eigenvalue weighted by Crippen LogP contribution is -1.89. The van der Waals surface area contributed by atoms with E-state index in [-0.39, 0.29) is 0 Å². The predicted molar refractivity (Wildman–Crippen MR) is 55.7 cm³/mol. The van der Waals surface area contributed by atoms with Gasteiger partial charge in [-0.3, -0.25) is 14.6 Å². The van der Waals surface area contributed by atoms with Crippen LogP contribution in [0.1, 0.15) is 21.6 Å². The summed E-state index contributed by atoms with van der Waals surface area (Å²) in [7, 11) is 1.78. The van der Waals surface area contributed by atoms with Gasteiger partial charge in [-0.15, -0.1) is 0 Å². The zero-order chi connectivity index (χ0) is 11.0. The lowest BCUT2D eigenvalue weighted by molar-refractivity contribution is 0.112. The molecule has 0 aliphatic heterocycles. The van der Waals surface area contributed by atoms with Gasteiger partial charge in [-0.25, -0.2) is 0 Å². The minimum Gasteiger partial charge on any atom is -0.298 e. The van der Waals surface area contributed by atoms with Gasteiger partial charge in [0.15, 0.2) is 6.29 Å². The summed E-state index contributed by atoms with van der Waals surface area (Å²) in [6.07, 6.45) is 2.48. The molecule has 2 rings (SSSR count). The third kappa shape index (κ3) is 1.45. The number of aldehydes is 1. The molecule has 2 aromatic rings. The molecule has 5 nitrogen and oxygen atoms in total. The van der Waals surface area contributed by atoms with Crippen molar-refractivity contribution in [2.75, 3.05) is 0 Å². The van der Waals surface area contributed by atoms with Crippen molar-refractivity contribution < 1.29 is 4.79 Å². The molecule has 0 saturated carbocycles. The van der Waals surface area contributed by atoms with Crippen molar-refractivity contribution in [3.8, 4) is 11.4 Å². The summed E-state index contributed by atoms with van der Waals surface area (Å²) in [6, 6.07) is 0. The zero-order valence-corrected chi connectivity index (χ0v) is 8.90. The number of H-pyrrole nitrogens is 1. The Hall–Kier alpha value is -1.91. The van der Waals surface area contributed by atoms with E-state index in [2.05, 4.69) is 15.3 Å². The number of nitrogens with one attached hydrogen (secondary N) is 1. The summed E-state index contributed by atoms with van der Waals surface area (Å²) < 4.78 is 1.61. The second-order valence-electron chi connectivity index (χ2n) is 3.55. The molecule has 0 atom stereocenters. The van der Waals surface area contributed by atoms with Crippen LogP contribution in [0, 0.1) is 13.8 Å². The Bertz CT molecular complexity index is 509. The number of rotatable bonds is 2. The Balaban J connectivity index is 2.62. The summed E-state index contributed by atoms with van der Waals surface area (Å²) in [6.45, 7) is 3.90. The number of carbonyl (C=O) groups is 1. The fourth-order valence-corrected chi connectivity index (χ4v) is 1.49. The van der Waals surface area contributed by atoms with Crippen LogP contribution in [-0.4, -0.2) is 26.3 Å². The molecule has 2 heterocycles. The molecule has 1 N–H and O–H groups in total. The number of aromatic amines is 1. The van der Waals surface area contributed by atoms with Crippen LogP contribution in [0.15, 0.2) is 6.20 Å². The first-order valence-corrected chi connectivity index (χ1v) is 4.64. The second kappa shape index (κ2) is 3.34. The molecule has 0 saturated heterocycles. The number of carbonyl (C=O) groups excluding carboxylic acids is 1. The van der Waals surface area contributed by atoms with E-state index < -0.39 is 0 Å². The van der Waals surface area contributed by atoms with Crippen molar-refractivity contribution in [2.45, 2.75) is 13.8 Å². The van der Waals surface area contributed by atoms with E-state index >= 15 is 0 Å². The van der Waals surface area contributed by atoms with E-state index in [1.165, 1.54) is 0 Å². The number of nitrogens with zero attached hydrogens (tertiary/aromatic N) is 3. The molecule has 0 aliphatic carbocycles. The maximum atomic E-state index is 10.8. The molecule has 5 heteroatoms. The molecule has 15 heavy (non-hydrogen) atoms. The van der Waals surface area contributed by atoms with Crippen molar-refractivity contribution in [1.29, 1.82) is 0 Å². The quantitative estimate of drug-likeness (QED) is 0.748. The van der Waals surface area contributed by atoms with Crippen LogP contribution in [0.5, 0.6) is 0 Å². The lowest BCUT2D eigenvalue weighted by atomic mass is 10.1. The Morgan fingerprint density at radius 1 is 1.40 bits per heavy atom. The fraction of sp³-hybridized carbons (Fsp3) is 0.300. The predicted octanol–water partition coefficient (Wildman–Crippen LogP) is 1.24. The average molecular weight is 204 g/mol. The number of hydrogen-bond donors (Lipinski definition) is 1. The topological polar surface area (TPSA) is 63.6 Å². The third-order valence-electron chi connectivity index (χ3n) is 2.46. The van der Waals surface area contributed by atoms with Crippen LogP contribution < -0.4 is 0 Å². The Kier molecular flexibility index (Phi) is 2.15. The zero-order valence-electron chi connectivity index (χ0n) is 8.90. The van der Waals surface area contributed by atoms with E-state index in [1.54, 1.807) is 17.9 Å². The highest BCUT2D eigenvalue weighted by molar-refractivity contribution is 5.85. The van der Waals surface area contributed by atoms with Crippen molar-refractivity contribution in [2.24, 2.45) is 7.05 Å². The smallest absolute Gasteiger partial charge is 0.153 e. The molecular weight excluding hydrogens is 192 g/mol. The molecule has 0 radical (unpaired) electrons. The Morgan fingerprint density at radius 3 is 2.67 bits per heavy atom. The second-order valence-corrected chi connectivity index (χ2v) is 3.55. The van der Waals surface area contributed by atoms with Crippen LogP contribution in [0.2, 0.25) is 0 Å². The maximum absolute atomic E-state index is 10.8. The molecule has 0 fully saturated rings. The van der Waals surface area contributed by atoms with Crippen molar-refractivity contribution in [3.63, 3.8) is 0 Å². The van der Waals surface area contributed by atoms with Gasteiger partial charge in [0.25, 0.3) is 0 Å². The van der Waals surface area contributed by atoms with Gasteiger partial charge in [0, 0.05) is 18.9 Å². The molecule has 0 unspecified atom stereocenters. The number of aryl methyl sites for hydroxylation is 2. The summed E-state index contributed by atoms with van der Waals surface area (Å²) in [4.78, 5) is 10.8. The van der Waals surface area contributed by atoms with Crippen LogP contribution in [0.25, 0.3) is 11.4 Å². The number of hydrogen-bond acceptors (Lipinski definition) is 3. The monoisotopic (exact) mass is 204 g/mol. The summed E-state index contributed by atoms with van der Waals surface area (Å²) in [5.74, 6) is 0. The van der Waals surface area contributed by atoms with Gasteiger partial charge in [-0.1, -0.05) is 0 Å². The van der Waals surface area contributed by atoms with Crippen molar-refractivity contribution in [1.82, 2.24) is 20.0 Å². The standard InChI is InChI=1S/C10H12N4O/c1-6-7(2)11-12-9(6)10-8(5-15)4-14(3)13-10/h4-5H,1-3H3,(H,11,12). The minimum absolute atomic E-state index is 0.562. The largest absolute Gasteiger partial charge is 0.298 e. The van der Waals surface area contributed by atoms with E-state index in [0.717, 1.165) is 23.2 Å². The normalized spacial score (nSPS) is 10.6. The Labute approximate surface area is 87.1 Å². The molecule has 0 spiro atoms. The molecule has 2 aromatic heterocycles. The Morgan fingerprint density at radius 2 is 2.13 bits per heavy atom. The van der Waals surface area contributed by atoms with Gasteiger partial charge in [0.1, 0.15) is 11.4 Å². The summed E-state index contributed by atoms with van der Waals surface area (Å²) in [5.41, 5.74) is 3.96. The van der Waals surface area contributed by atoms with E-state index in [1.807, 2.05) is 13.8 Å². The van der Waals surface area contributed by atoms with E-state index in [0.29, 0.717) is 11.3 Å². The first-order chi connectivity index (χ1) is 7.13. The van der Waals surface area contributed by atoms with E-state index in [4.69, 9.17) is 0 Å². The van der Waals surface area contributed by atoms with Gasteiger partial charge in [0.2, 0.25) is 0 Å². The van der Waals surface area contributed by atoms with Crippen LogP contribution in [0.3, 0.4) is 0 Å². The molecule has 0 amide bonds. The first kappa shape index (κ1) is 9.64. The molecule has 78 valence electrons. The van der Waals surface area contributed by atoms with Crippen molar-refractivity contribution in [3.05, 3.63) is 23.0 Å². The maximum Gasteiger partial charge on any atom is 0.153 e. The highest BCUT2D eigenvalue weighted by Gasteiger charge is 2.15. The SMILES string of the molecule is Cc1[nH]nc(-c2nn(C)cc2C=O)c1C. The highest BCUT2D eigenvalue weighted by Crippen LogP contribution is 2.23. The molecule has 0 bridgehead atoms.